The van der Waals surface area contributed by atoms with E-state index >= 15 is 0 Å². The van der Waals surface area contributed by atoms with E-state index in [2.05, 4.69) is 10.3 Å². The van der Waals surface area contributed by atoms with Gasteiger partial charge in [0.25, 0.3) is 5.91 Å². The van der Waals surface area contributed by atoms with Crippen LogP contribution >= 0.6 is 0 Å². The first-order valence-electron chi connectivity index (χ1n) is 10.9. The Kier molecular flexibility index (Phi) is 5.93. The van der Waals surface area contributed by atoms with Crippen molar-refractivity contribution < 1.29 is 23.1 Å². The molecule has 2 aromatic carbocycles. The smallest absolute Gasteiger partial charge is 0.255 e. The van der Waals surface area contributed by atoms with Gasteiger partial charge in [-0.05, 0) is 42.0 Å². The molecule has 2 aliphatic rings. The second kappa shape index (κ2) is 9.18. The summed E-state index contributed by atoms with van der Waals surface area (Å²) in [6.07, 6.45) is 3.16. The van der Waals surface area contributed by atoms with Crippen LogP contribution in [0.1, 0.15) is 10.4 Å². The van der Waals surface area contributed by atoms with Crippen LogP contribution in [0.4, 0.5) is 14.5 Å². The van der Waals surface area contributed by atoms with Crippen LogP contribution in [0, 0.1) is 11.6 Å². The first kappa shape index (κ1) is 22.0. The van der Waals surface area contributed by atoms with E-state index in [0.29, 0.717) is 42.2 Å². The fourth-order valence-electron chi connectivity index (χ4n) is 4.32. The van der Waals surface area contributed by atoms with E-state index in [1.165, 1.54) is 12.1 Å². The van der Waals surface area contributed by atoms with E-state index in [0.717, 1.165) is 6.07 Å². The van der Waals surface area contributed by atoms with Gasteiger partial charge in [0.2, 0.25) is 5.91 Å². The molecule has 1 fully saturated rings. The highest BCUT2D eigenvalue weighted by Gasteiger charge is 2.33. The molecule has 1 N–H and O–H groups in total. The van der Waals surface area contributed by atoms with Gasteiger partial charge < -0.3 is 15.0 Å². The predicted octanol–water partition coefficient (Wildman–Crippen LogP) is 3.18. The summed E-state index contributed by atoms with van der Waals surface area (Å²) < 4.78 is 33.6. The van der Waals surface area contributed by atoms with Gasteiger partial charge in [-0.1, -0.05) is 6.07 Å². The second-order valence-corrected chi connectivity index (χ2v) is 8.31. The molecule has 2 aliphatic heterocycles. The lowest BCUT2D eigenvalue weighted by atomic mass is 10.0. The molecule has 2 amide bonds. The largest absolute Gasteiger partial charge is 0.490 e. The number of hydrogen-bond donors (Lipinski definition) is 1. The van der Waals surface area contributed by atoms with E-state index < -0.39 is 11.6 Å². The van der Waals surface area contributed by atoms with Gasteiger partial charge in [0.05, 0.1) is 23.8 Å². The van der Waals surface area contributed by atoms with E-state index in [1.54, 1.807) is 47.6 Å². The second-order valence-electron chi connectivity index (χ2n) is 8.31. The number of pyridine rings is 1. The molecule has 3 aromatic rings. The van der Waals surface area contributed by atoms with Crippen molar-refractivity contribution in [3.05, 3.63) is 78.1 Å². The van der Waals surface area contributed by atoms with Crippen LogP contribution in [-0.4, -0.2) is 65.4 Å². The quantitative estimate of drug-likeness (QED) is 0.631. The molecule has 1 aromatic heterocycles. The number of piperazine rings is 1. The van der Waals surface area contributed by atoms with Crippen molar-refractivity contribution in [2.75, 3.05) is 38.1 Å². The molecule has 0 spiro atoms. The van der Waals surface area contributed by atoms with E-state index in [-0.39, 0.29) is 36.6 Å². The Morgan fingerprint density at radius 3 is 2.79 bits per heavy atom. The molecule has 0 unspecified atom stereocenters. The van der Waals surface area contributed by atoms with Crippen LogP contribution in [0.5, 0.6) is 5.75 Å². The number of hydrogen-bond acceptors (Lipinski definition) is 5. The fourth-order valence-corrected chi connectivity index (χ4v) is 4.32. The van der Waals surface area contributed by atoms with E-state index in [4.69, 9.17) is 4.74 Å². The van der Waals surface area contributed by atoms with Crippen LogP contribution in [0.25, 0.3) is 11.1 Å². The Labute approximate surface area is 195 Å². The zero-order valence-electron chi connectivity index (χ0n) is 18.2. The Hall–Kier alpha value is -3.85. The van der Waals surface area contributed by atoms with Gasteiger partial charge in [-0.2, -0.15) is 0 Å². The summed E-state index contributed by atoms with van der Waals surface area (Å²) in [6.45, 7) is 1.82. The molecule has 34 heavy (non-hydrogen) atoms. The van der Waals surface area contributed by atoms with Crippen LogP contribution in [0.15, 0.2) is 60.9 Å². The molecule has 5 rings (SSSR count). The maximum Gasteiger partial charge on any atom is 0.255 e. The summed E-state index contributed by atoms with van der Waals surface area (Å²) in [7, 11) is 0. The Morgan fingerprint density at radius 1 is 1.12 bits per heavy atom. The maximum atomic E-state index is 14.3. The zero-order chi connectivity index (χ0) is 23.7. The molecule has 174 valence electrons. The number of fused-ring (bicyclic) bond motifs is 2. The third-order valence-electron chi connectivity index (χ3n) is 6.07. The van der Waals surface area contributed by atoms with Crippen LogP contribution in [-0.2, 0) is 4.79 Å². The molecule has 9 heteroatoms. The molecule has 7 nitrogen and oxygen atoms in total. The van der Waals surface area contributed by atoms with Crippen molar-refractivity contribution in [1.29, 1.82) is 0 Å². The molecule has 0 aliphatic carbocycles. The lowest BCUT2D eigenvalue weighted by Crippen LogP contribution is -2.57. The molecule has 1 saturated heterocycles. The van der Waals surface area contributed by atoms with Crippen molar-refractivity contribution in [3.63, 3.8) is 0 Å². The summed E-state index contributed by atoms with van der Waals surface area (Å²) >= 11 is 0. The first-order valence-corrected chi connectivity index (χ1v) is 10.9. The van der Waals surface area contributed by atoms with Gasteiger partial charge in [-0.25, -0.2) is 8.78 Å². The van der Waals surface area contributed by atoms with Gasteiger partial charge >= 0.3 is 0 Å². The number of nitrogens with one attached hydrogen (secondary N) is 1. The van der Waals surface area contributed by atoms with E-state index in [1.807, 2.05) is 4.90 Å². The number of rotatable bonds is 2. The lowest BCUT2D eigenvalue weighted by molar-refractivity contribution is -0.118. The van der Waals surface area contributed by atoms with Gasteiger partial charge in [0.1, 0.15) is 24.0 Å². The van der Waals surface area contributed by atoms with Crippen molar-refractivity contribution >= 4 is 17.5 Å². The summed E-state index contributed by atoms with van der Waals surface area (Å²) in [5, 5.41) is 2.85. The number of benzene rings is 2. The number of amides is 2. The van der Waals surface area contributed by atoms with E-state index in [9.17, 15) is 18.4 Å². The number of aromatic nitrogens is 1. The molecule has 1 atom stereocenters. The molecule has 0 saturated carbocycles. The molecule has 0 radical (unpaired) electrons. The summed E-state index contributed by atoms with van der Waals surface area (Å²) in [6, 6.07) is 11.6. The minimum Gasteiger partial charge on any atom is -0.490 e. The number of carbonyl (C=O) groups is 2. The minimum absolute atomic E-state index is 0.108. The Balaban J connectivity index is 1.37. The van der Waals surface area contributed by atoms with Crippen LogP contribution in [0.2, 0.25) is 0 Å². The number of carbonyl (C=O) groups excluding carboxylic acids is 2. The molecular weight excluding hydrogens is 442 g/mol. The van der Waals surface area contributed by atoms with Gasteiger partial charge in [-0.15, -0.1) is 0 Å². The monoisotopic (exact) mass is 464 g/mol. The molecule has 3 heterocycles. The number of halogens is 2. The van der Waals surface area contributed by atoms with Crippen molar-refractivity contribution in [2.45, 2.75) is 6.04 Å². The highest BCUT2D eigenvalue weighted by atomic mass is 19.1. The van der Waals surface area contributed by atoms with Gasteiger partial charge in [0, 0.05) is 43.7 Å². The number of nitrogens with zero attached hydrogens (tertiary/aromatic N) is 3. The third kappa shape index (κ3) is 4.47. The van der Waals surface area contributed by atoms with Gasteiger partial charge in [0.15, 0.2) is 0 Å². The van der Waals surface area contributed by atoms with Crippen molar-refractivity contribution in [1.82, 2.24) is 14.8 Å². The fraction of sp³-hybridized carbons (Fsp3) is 0.240. The lowest BCUT2D eigenvalue weighted by Gasteiger charge is -2.40. The predicted molar refractivity (Wildman–Crippen MR) is 121 cm³/mol. The third-order valence-corrected chi connectivity index (χ3v) is 6.07. The standard InChI is InChI=1S/C25H22F2N4O3/c26-18-4-5-20(21(27)11-18)16-3-6-23-22(10-16)29-24(32)14-30-8-9-31(13-19(30)15-34-23)25(33)17-2-1-7-28-12-17/h1-7,10-12,19H,8-9,13-15H2,(H,29,32)/t19-/m1/s1. The minimum atomic E-state index is -0.689. The first-order chi connectivity index (χ1) is 16.5. The highest BCUT2D eigenvalue weighted by molar-refractivity contribution is 5.95. The SMILES string of the molecule is O=C1CN2CCN(C(=O)c3cccnc3)C[C@@H]2COc2ccc(-c3ccc(F)cc3F)cc2N1. The molecule has 0 bridgehead atoms. The summed E-state index contributed by atoms with van der Waals surface area (Å²) in [5.74, 6) is -1.25. The number of anilines is 1. The van der Waals surface area contributed by atoms with Crippen LogP contribution < -0.4 is 10.1 Å². The number of ether oxygens (including phenoxy) is 1. The highest BCUT2D eigenvalue weighted by Crippen LogP contribution is 2.33. The Bertz CT molecular complexity index is 1240. The summed E-state index contributed by atoms with van der Waals surface area (Å²) in [4.78, 5) is 33.4. The summed E-state index contributed by atoms with van der Waals surface area (Å²) in [5.41, 5.74) is 1.64. The molecular formula is C25H22F2N4O3. The topological polar surface area (TPSA) is 74.8 Å². The van der Waals surface area contributed by atoms with Gasteiger partial charge in [-0.3, -0.25) is 19.5 Å². The van der Waals surface area contributed by atoms with Crippen LogP contribution in [0.3, 0.4) is 0 Å². The van der Waals surface area contributed by atoms with Crippen molar-refractivity contribution in [2.24, 2.45) is 0 Å². The average Bonchev–Trinajstić information content (AvgIpc) is 2.90. The average molecular weight is 464 g/mol. The zero-order valence-corrected chi connectivity index (χ0v) is 18.2. The normalized spacial score (nSPS) is 18.5. The Morgan fingerprint density at radius 2 is 2.00 bits per heavy atom. The van der Waals surface area contributed by atoms with Crippen molar-refractivity contribution in [3.8, 4) is 16.9 Å². The maximum absolute atomic E-state index is 14.3.